The summed E-state index contributed by atoms with van der Waals surface area (Å²) in [5, 5.41) is 13.8. The van der Waals surface area contributed by atoms with Crippen molar-refractivity contribution in [3.8, 4) is 0 Å². The van der Waals surface area contributed by atoms with Gasteiger partial charge in [-0.05, 0) is 62.2 Å². The Balaban J connectivity index is 0.000000277. The average Bonchev–Trinajstić information content (AvgIpc) is 3.27. The molecule has 0 unspecified atom stereocenters. The average molecular weight is 489 g/mol. The molecule has 5 nitrogen and oxygen atoms in total. The third-order valence-corrected chi connectivity index (χ3v) is 5.36. The smallest absolute Gasteiger partial charge is 0.449 e. The molecule has 35 heavy (non-hydrogen) atoms. The molecule has 1 aromatic heterocycles. The van der Waals surface area contributed by atoms with Gasteiger partial charge in [-0.2, -0.15) is 13.2 Å². The van der Waals surface area contributed by atoms with E-state index in [0.29, 0.717) is 5.70 Å². The highest BCUT2D eigenvalue weighted by Crippen LogP contribution is 2.48. The molecule has 0 bridgehead atoms. The number of rotatable bonds is 2. The van der Waals surface area contributed by atoms with Crippen LogP contribution in [0.1, 0.15) is 36.5 Å². The molecular formula is C27H31F3N2O3. The lowest BCUT2D eigenvalue weighted by Crippen LogP contribution is -2.35. The molecule has 2 aromatic carbocycles. The first-order valence-electron chi connectivity index (χ1n) is 10.8. The van der Waals surface area contributed by atoms with Gasteiger partial charge in [0, 0.05) is 25.6 Å². The van der Waals surface area contributed by atoms with E-state index in [-0.39, 0.29) is 11.5 Å². The van der Waals surface area contributed by atoms with E-state index >= 15 is 0 Å². The summed E-state index contributed by atoms with van der Waals surface area (Å²) >= 11 is 0. The third kappa shape index (κ3) is 6.27. The van der Waals surface area contributed by atoms with Crippen molar-refractivity contribution in [2.24, 2.45) is 5.73 Å². The van der Waals surface area contributed by atoms with Crippen molar-refractivity contribution < 1.29 is 27.4 Å². The van der Waals surface area contributed by atoms with Gasteiger partial charge in [0.1, 0.15) is 11.5 Å². The number of furan rings is 1. The molecular weight excluding hydrogens is 457 g/mol. The van der Waals surface area contributed by atoms with Crippen LogP contribution in [0.4, 0.5) is 24.5 Å². The number of halogens is 3. The number of aryl methyl sites for hydroxylation is 1. The van der Waals surface area contributed by atoms with Crippen molar-refractivity contribution in [1.29, 1.82) is 0 Å². The van der Waals surface area contributed by atoms with Crippen LogP contribution in [-0.2, 0) is 16.3 Å². The molecule has 4 rings (SSSR count). The Bertz CT molecular complexity index is 1130. The van der Waals surface area contributed by atoms with Gasteiger partial charge in [-0.1, -0.05) is 42.5 Å². The highest BCUT2D eigenvalue weighted by molar-refractivity contribution is 5.77. The Hall–Kier alpha value is -3.65. The fourth-order valence-corrected chi connectivity index (χ4v) is 3.73. The second-order valence-corrected chi connectivity index (χ2v) is 7.96. The van der Waals surface area contributed by atoms with E-state index in [1.54, 1.807) is 26.4 Å². The first-order valence-corrected chi connectivity index (χ1v) is 10.8. The lowest BCUT2D eigenvalue weighted by atomic mass is 9.70. The molecule has 8 heteroatoms. The van der Waals surface area contributed by atoms with E-state index in [0.717, 1.165) is 28.6 Å². The number of hydrogen-bond acceptors (Lipinski definition) is 5. The molecule has 0 saturated heterocycles. The van der Waals surface area contributed by atoms with Crippen molar-refractivity contribution >= 4 is 11.4 Å². The van der Waals surface area contributed by atoms with Gasteiger partial charge < -0.3 is 25.3 Å². The summed E-state index contributed by atoms with van der Waals surface area (Å²) in [6.07, 6.45) is -0.938. The van der Waals surface area contributed by atoms with Crippen LogP contribution in [0, 0.1) is 6.92 Å². The predicted octanol–water partition coefficient (Wildman–Crippen LogP) is 7.22. The van der Waals surface area contributed by atoms with Gasteiger partial charge >= 0.3 is 6.18 Å². The number of allylic oxidation sites excluding steroid dienone is 3. The maximum absolute atomic E-state index is 11.7. The van der Waals surface area contributed by atoms with E-state index in [4.69, 9.17) is 5.73 Å². The summed E-state index contributed by atoms with van der Waals surface area (Å²) in [6, 6.07) is 18.3. The Labute approximate surface area is 203 Å². The minimum atomic E-state index is -4.35. The van der Waals surface area contributed by atoms with Gasteiger partial charge in [-0.3, -0.25) is 0 Å². The Kier molecular flexibility index (Phi) is 9.19. The van der Waals surface area contributed by atoms with Crippen molar-refractivity contribution in [2.75, 3.05) is 19.5 Å². The number of nitrogens with one attached hydrogen (secondary N) is 1. The maximum atomic E-state index is 11.7. The van der Waals surface area contributed by atoms with Crippen LogP contribution in [0.3, 0.4) is 0 Å². The molecule has 1 aliphatic rings. The van der Waals surface area contributed by atoms with E-state index in [1.807, 2.05) is 55.5 Å². The van der Waals surface area contributed by atoms with Crippen molar-refractivity contribution in [2.45, 2.75) is 32.4 Å². The van der Waals surface area contributed by atoms with E-state index in [9.17, 15) is 18.3 Å². The molecule has 0 radical (unpaired) electrons. The zero-order valence-electron chi connectivity index (χ0n) is 20.4. The second kappa shape index (κ2) is 11.7. The molecule has 0 aliphatic carbocycles. The van der Waals surface area contributed by atoms with Crippen molar-refractivity contribution in [3.05, 3.63) is 107 Å². The largest absolute Gasteiger partial charge is 0.506 e. The van der Waals surface area contributed by atoms with Gasteiger partial charge in [0.2, 0.25) is 5.76 Å². The highest BCUT2D eigenvalue weighted by atomic mass is 19.4. The number of hydrogen-bond donors (Lipinski definition) is 3. The first-order chi connectivity index (χ1) is 16.5. The zero-order chi connectivity index (χ0) is 26.2. The summed E-state index contributed by atoms with van der Waals surface area (Å²) in [5.74, 6) is -0.561. The topological polar surface area (TPSA) is 80.7 Å². The molecule has 1 aliphatic heterocycles. The van der Waals surface area contributed by atoms with Crippen molar-refractivity contribution in [1.82, 2.24) is 0 Å². The standard InChI is InChI=1S/C19H20N2O.C6H5F3O.C2H6O/c1-3-8-17(22)18(20)19(2)13-9-4-6-11-15(13)21-16-12-7-5-10-14(16)19;1-4-2-3-5(10-4)6(7,8)9;1-3-2/h3-12,21-22H,20H2,1-2H3;2-3H,1H3;1-2H3/b8-3-,18-17+;;. The number of nitrogens with two attached hydrogens (primary N) is 1. The summed E-state index contributed by atoms with van der Waals surface area (Å²) in [4.78, 5) is 0. The number of benzene rings is 2. The molecule has 2 heterocycles. The number of fused-ring (bicyclic) bond motifs is 2. The molecule has 0 spiro atoms. The normalized spacial score (nSPS) is 14.3. The minimum Gasteiger partial charge on any atom is -0.506 e. The quantitative estimate of drug-likeness (QED) is 0.262. The summed E-state index contributed by atoms with van der Waals surface area (Å²) in [5.41, 5.74) is 10.4. The number of methoxy groups -OCH3 is 1. The lowest BCUT2D eigenvalue weighted by Gasteiger charge is -2.39. The molecule has 4 N–H and O–H groups in total. The fraction of sp³-hybridized carbons (Fsp3) is 0.259. The van der Waals surface area contributed by atoms with Crippen LogP contribution in [0.5, 0.6) is 0 Å². The number of ether oxygens (including phenoxy) is 1. The van der Waals surface area contributed by atoms with Crippen molar-refractivity contribution in [3.63, 3.8) is 0 Å². The molecule has 3 aromatic rings. The van der Waals surface area contributed by atoms with Gasteiger partial charge in [0.25, 0.3) is 0 Å². The Morgan fingerprint density at radius 1 is 1.00 bits per heavy atom. The third-order valence-electron chi connectivity index (χ3n) is 5.36. The minimum absolute atomic E-state index is 0.108. The summed E-state index contributed by atoms with van der Waals surface area (Å²) in [7, 11) is 3.25. The molecule has 0 saturated carbocycles. The Morgan fingerprint density at radius 2 is 1.49 bits per heavy atom. The number of aliphatic hydroxyl groups is 1. The summed E-state index contributed by atoms with van der Waals surface area (Å²) in [6.45, 7) is 5.38. The Morgan fingerprint density at radius 3 is 1.86 bits per heavy atom. The first kappa shape index (κ1) is 27.6. The highest BCUT2D eigenvalue weighted by Gasteiger charge is 2.40. The number of aliphatic hydroxyl groups excluding tert-OH is 1. The molecule has 0 fully saturated rings. The van der Waals surface area contributed by atoms with E-state index in [2.05, 4.69) is 21.4 Å². The van der Waals surface area contributed by atoms with Gasteiger partial charge in [-0.15, -0.1) is 0 Å². The second-order valence-electron chi connectivity index (χ2n) is 7.96. The van der Waals surface area contributed by atoms with Crippen LogP contribution in [0.2, 0.25) is 0 Å². The zero-order valence-corrected chi connectivity index (χ0v) is 20.4. The van der Waals surface area contributed by atoms with E-state index in [1.165, 1.54) is 13.0 Å². The van der Waals surface area contributed by atoms with Crippen LogP contribution in [0.15, 0.2) is 88.7 Å². The molecule has 0 atom stereocenters. The SMILES string of the molecule is C/C=C\C(O)=C(/N)C1(C)c2ccccc2Nc2ccccc21.COC.Cc1ccc(C(F)(F)F)o1. The van der Waals surface area contributed by atoms with Crippen LogP contribution in [-0.4, -0.2) is 19.3 Å². The van der Waals surface area contributed by atoms with Crippen LogP contribution < -0.4 is 11.1 Å². The van der Waals surface area contributed by atoms with Gasteiger partial charge in [0.15, 0.2) is 0 Å². The lowest BCUT2D eigenvalue weighted by molar-refractivity contribution is -0.153. The van der Waals surface area contributed by atoms with E-state index < -0.39 is 17.4 Å². The maximum Gasteiger partial charge on any atom is 0.449 e. The molecule has 0 amide bonds. The monoisotopic (exact) mass is 488 g/mol. The number of alkyl halides is 3. The van der Waals surface area contributed by atoms with Gasteiger partial charge in [0.05, 0.1) is 11.1 Å². The van der Waals surface area contributed by atoms with Crippen LogP contribution in [0.25, 0.3) is 0 Å². The van der Waals surface area contributed by atoms with Crippen LogP contribution >= 0.6 is 0 Å². The number of para-hydroxylation sites is 2. The predicted molar refractivity (Wildman–Crippen MR) is 133 cm³/mol. The summed E-state index contributed by atoms with van der Waals surface area (Å²) < 4.78 is 43.7. The fourth-order valence-electron chi connectivity index (χ4n) is 3.73. The van der Waals surface area contributed by atoms with Gasteiger partial charge in [-0.25, -0.2) is 0 Å². The molecule has 188 valence electrons. The number of anilines is 2.